The van der Waals surface area contributed by atoms with Gasteiger partial charge in [0.25, 0.3) is 0 Å². The first kappa shape index (κ1) is 32.2. The van der Waals surface area contributed by atoms with E-state index in [0.717, 1.165) is 44.3 Å². The van der Waals surface area contributed by atoms with Gasteiger partial charge in [0, 0.05) is 43.7 Å². The first-order valence-corrected chi connectivity index (χ1v) is 15.9. The van der Waals surface area contributed by atoms with Crippen LogP contribution in [0.2, 0.25) is 0 Å². The van der Waals surface area contributed by atoms with Crippen LogP contribution in [0.4, 0.5) is 4.79 Å². The van der Waals surface area contributed by atoms with Crippen LogP contribution < -0.4 is 10.6 Å². The van der Waals surface area contributed by atoms with Crippen LogP contribution in [-0.2, 0) is 39.2 Å². The first-order chi connectivity index (χ1) is 21.9. The van der Waals surface area contributed by atoms with Crippen molar-refractivity contribution in [3.8, 4) is 11.1 Å². The number of esters is 1. The Balaban J connectivity index is 1.29. The molecule has 0 radical (unpaired) electrons. The number of carbonyl (C=O) groups is 2. The third-order valence-electron chi connectivity index (χ3n) is 7.36. The van der Waals surface area contributed by atoms with Crippen molar-refractivity contribution in [3.63, 3.8) is 0 Å². The number of thioether (sulfide) groups is 1. The van der Waals surface area contributed by atoms with E-state index in [0.29, 0.717) is 13.0 Å². The number of ether oxygens (including phenoxy) is 3. The number of imidazole rings is 1. The number of hydrogen-bond acceptors (Lipinski definition) is 8. The highest BCUT2D eigenvalue weighted by Gasteiger charge is 2.32. The van der Waals surface area contributed by atoms with Crippen LogP contribution in [0.3, 0.4) is 0 Å². The molecule has 10 nitrogen and oxygen atoms in total. The quantitative estimate of drug-likeness (QED) is 0.143. The summed E-state index contributed by atoms with van der Waals surface area (Å²) in [4.78, 5) is 28.1. The summed E-state index contributed by atoms with van der Waals surface area (Å²) in [7, 11) is 1.98. The van der Waals surface area contributed by atoms with Crippen LogP contribution in [0.5, 0.6) is 0 Å². The molecule has 4 aromatic rings. The average molecular weight is 631 g/mol. The van der Waals surface area contributed by atoms with Gasteiger partial charge >= 0.3 is 12.0 Å². The fourth-order valence-corrected chi connectivity index (χ4v) is 5.97. The minimum absolute atomic E-state index is 0.00674. The highest BCUT2D eigenvalue weighted by Crippen LogP contribution is 2.40. The van der Waals surface area contributed by atoms with Crippen molar-refractivity contribution >= 4 is 23.8 Å². The number of aromatic nitrogens is 2. The van der Waals surface area contributed by atoms with E-state index in [2.05, 4.69) is 21.7 Å². The number of rotatable bonds is 12. The van der Waals surface area contributed by atoms with Gasteiger partial charge in [-0.2, -0.15) is 0 Å². The Morgan fingerprint density at radius 2 is 1.78 bits per heavy atom. The molecule has 1 aromatic heterocycles. The molecule has 1 aliphatic rings. The Bertz CT molecular complexity index is 1580. The van der Waals surface area contributed by atoms with Crippen LogP contribution in [0.1, 0.15) is 48.0 Å². The van der Waals surface area contributed by atoms with Crippen molar-refractivity contribution in [1.29, 1.82) is 0 Å². The van der Waals surface area contributed by atoms with E-state index >= 15 is 0 Å². The zero-order chi connectivity index (χ0) is 31.6. The number of aliphatic hydroxyl groups is 1. The molecule has 1 fully saturated rings. The highest BCUT2D eigenvalue weighted by molar-refractivity contribution is 7.99. The maximum absolute atomic E-state index is 12.1. The molecule has 2 amide bonds. The molecule has 3 N–H and O–H groups in total. The predicted molar refractivity (Wildman–Crippen MR) is 171 cm³/mol. The van der Waals surface area contributed by atoms with Gasteiger partial charge in [-0.05, 0) is 46.9 Å². The summed E-state index contributed by atoms with van der Waals surface area (Å²) in [6.45, 7) is 2.08. The third kappa shape index (κ3) is 8.95. The van der Waals surface area contributed by atoms with Gasteiger partial charge in [0.05, 0.1) is 25.4 Å². The molecule has 3 aromatic carbocycles. The van der Waals surface area contributed by atoms with E-state index in [4.69, 9.17) is 14.2 Å². The lowest BCUT2D eigenvalue weighted by molar-refractivity contribution is -0.245. The van der Waals surface area contributed by atoms with Crippen molar-refractivity contribution in [1.82, 2.24) is 20.2 Å². The Kier molecular flexibility index (Phi) is 11.3. The van der Waals surface area contributed by atoms with Crippen LogP contribution in [0.25, 0.3) is 11.1 Å². The summed E-state index contributed by atoms with van der Waals surface area (Å²) in [6.07, 6.45) is 3.56. The average Bonchev–Trinajstić information content (AvgIpc) is 3.50. The normalized spacial score (nSPS) is 17.9. The lowest BCUT2D eigenvalue weighted by Gasteiger charge is -2.36. The predicted octanol–water partition coefficient (Wildman–Crippen LogP) is 5.28. The molecule has 0 spiro atoms. The molecule has 0 unspecified atom stereocenters. The molecule has 3 atom stereocenters. The van der Waals surface area contributed by atoms with Crippen LogP contribution in [0.15, 0.2) is 90.3 Å². The van der Waals surface area contributed by atoms with Crippen molar-refractivity contribution in [2.24, 2.45) is 7.05 Å². The molecule has 1 saturated heterocycles. The van der Waals surface area contributed by atoms with E-state index in [1.807, 2.05) is 84.5 Å². The Hall–Kier alpha value is -4.16. The second-order valence-electron chi connectivity index (χ2n) is 10.6. The number of aryl methyl sites for hydroxylation is 1. The number of hydrogen-bond donors (Lipinski definition) is 3. The van der Waals surface area contributed by atoms with E-state index in [-0.39, 0.29) is 32.0 Å². The molecule has 1 aliphatic heterocycles. The fraction of sp³-hybridized carbons (Fsp3) is 0.324. The summed E-state index contributed by atoms with van der Waals surface area (Å²) >= 11 is 1.66. The standard InChI is InChI=1S/C34H38N4O6S/c1-3-42-31(40)20-37-33(41)36-19-24-6-4-7-26(16-24)27-8-5-9-28(17-27)32-43-29(22-45-34-35-14-15-38(34)2)18-30(44-32)25-12-10-23(21-39)11-13-25/h4-17,29-30,32,39H,3,18-22H2,1-2H3,(H2,36,37,41)/t29-,30+,32+/m1/s1. The third-order valence-corrected chi connectivity index (χ3v) is 8.55. The van der Waals surface area contributed by atoms with Gasteiger partial charge in [-0.3, -0.25) is 4.79 Å². The van der Waals surface area contributed by atoms with Gasteiger partial charge in [-0.1, -0.05) is 72.4 Å². The number of urea groups is 1. The molecule has 11 heteroatoms. The van der Waals surface area contributed by atoms with Crippen molar-refractivity contribution < 1.29 is 28.9 Å². The van der Waals surface area contributed by atoms with Gasteiger partial charge in [-0.25, -0.2) is 9.78 Å². The molecular formula is C34H38N4O6S. The summed E-state index contributed by atoms with van der Waals surface area (Å²) in [5, 5.41) is 15.7. The second kappa shape index (κ2) is 15.7. The molecule has 5 rings (SSSR count). The molecular weight excluding hydrogens is 592 g/mol. The smallest absolute Gasteiger partial charge is 0.325 e. The number of nitrogens with one attached hydrogen (secondary N) is 2. The maximum atomic E-state index is 12.1. The lowest BCUT2D eigenvalue weighted by atomic mass is 9.99. The topological polar surface area (TPSA) is 124 Å². The van der Waals surface area contributed by atoms with E-state index in [1.54, 1.807) is 24.9 Å². The molecule has 0 aliphatic carbocycles. The largest absolute Gasteiger partial charge is 0.465 e. The molecule has 0 bridgehead atoms. The van der Waals surface area contributed by atoms with Crippen molar-refractivity contribution in [3.05, 3.63) is 107 Å². The molecule has 2 heterocycles. The van der Waals surface area contributed by atoms with Crippen molar-refractivity contribution in [2.75, 3.05) is 18.9 Å². The second-order valence-corrected chi connectivity index (χ2v) is 11.6. The van der Waals surface area contributed by atoms with Gasteiger partial charge in [0.1, 0.15) is 6.54 Å². The summed E-state index contributed by atoms with van der Waals surface area (Å²) < 4.78 is 19.9. The molecule has 0 saturated carbocycles. The SMILES string of the molecule is CCOC(=O)CNC(=O)NCc1cccc(-c2cccc([C@H]3O[C@@H](CSc4nccn4C)C[C@@H](c4ccc(CO)cc4)O3)c2)c1. The fourth-order valence-electron chi connectivity index (χ4n) is 5.02. The van der Waals surface area contributed by atoms with Gasteiger partial charge < -0.3 is 34.5 Å². The molecule has 236 valence electrons. The maximum Gasteiger partial charge on any atom is 0.325 e. The zero-order valence-electron chi connectivity index (χ0n) is 25.3. The van der Waals surface area contributed by atoms with Gasteiger partial charge in [0.15, 0.2) is 11.4 Å². The minimum atomic E-state index is -0.582. The van der Waals surface area contributed by atoms with Crippen LogP contribution in [-0.4, -0.2) is 51.7 Å². The monoisotopic (exact) mass is 630 g/mol. The van der Waals surface area contributed by atoms with Crippen LogP contribution in [0, 0.1) is 0 Å². The van der Waals surface area contributed by atoms with Gasteiger partial charge in [0.2, 0.25) is 0 Å². The summed E-state index contributed by atoms with van der Waals surface area (Å²) in [6, 6.07) is 23.4. The summed E-state index contributed by atoms with van der Waals surface area (Å²) in [5.41, 5.74) is 5.67. The number of amides is 2. The minimum Gasteiger partial charge on any atom is -0.465 e. The summed E-state index contributed by atoms with van der Waals surface area (Å²) in [5.74, 6) is 0.238. The van der Waals surface area contributed by atoms with E-state index in [9.17, 15) is 14.7 Å². The Morgan fingerprint density at radius 3 is 2.51 bits per heavy atom. The first-order valence-electron chi connectivity index (χ1n) is 14.9. The number of carbonyl (C=O) groups excluding carboxylic acids is 2. The van der Waals surface area contributed by atoms with Crippen LogP contribution >= 0.6 is 11.8 Å². The lowest BCUT2D eigenvalue weighted by Crippen LogP contribution is -2.38. The Morgan fingerprint density at radius 1 is 1.00 bits per heavy atom. The zero-order valence-corrected chi connectivity index (χ0v) is 26.2. The van der Waals surface area contributed by atoms with E-state index < -0.39 is 18.3 Å². The molecule has 45 heavy (non-hydrogen) atoms. The van der Waals surface area contributed by atoms with E-state index in [1.165, 1.54) is 0 Å². The number of aliphatic hydroxyl groups excluding tert-OH is 1. The Labute approximate surface area is 267 Å². The number of benzene rings is 3. The highest BCUT2D eigenvalue weighted by atomic mass is 32.2. The van der Waals surface area contributed by atoms with Crippen molar-refractivity contribution in [2.45, 2.75) is 50.2 Å². The van der Waals surface area contributed by atoms with Gasteiger partial charge in [-0.15, -0.1) is 0 Å². The number of nitrogens with zero attached hydrogens (tertiary/aromatic N) is 2.